The Bertz CT molecular complexity index is 357. The van der Waals surface area contributed by atoms with Crippen molar-refractivity contribution < 1.29 is 19.4 Å². The lowest BCUT2D eigenvalue weighted by Crippen LogP contribution is -2.05. The molecule has 0 aromatic rings. The average Bonchev–Trinajstić information content (AvgIpc) is 2.79. The van der Waals surface area contributed by atoms with Crippen molar-refractivity contribution in [1.29, 1.82) is 0 Å². The summed E-state index contributed by atoms with van der Waals surface area (Å²) in [7, 11) is 1.53. The highest BCUT2D eigenvalue weighted by molar-refractivity contribution is 6.08. The fourth-order valence-corrected chi connectivity index (χ4v) is 1.21. The van der Waals surface area contributed by atoms with E-state index in [2.05, 4.69) is 0 Å². The predicted octanol–water partition coefficient (Wildman–Crippen LogP) is 1.20. The van der Waals surface area contributed by atoms with Gasteiger partial charge >= 0.3 is 0 Å². The zero-order valence-electron chi connectivity index (χ0n) is 7.69. The van der Waals surface area contributed by atoms with Gasteiger partial charge in [0.25, 0.3) is 6.47 Å². The van der Waals surface area contributed by atoms with Crippen molar-refractivity contribution in [2.45, 2.75) is 0 Å². The summed E-state index contributed by atoms with van der Waals surface area (Å²) in [6, 6.07) is 5.81. The third kappa shape index (κ3) is 2.17. The first kappa shape index (κ1) is 10.4. The Balaban J connectivity index is 0.000000293. The Labute approximate surface area is 81.1 Å². The van der Waals surface area contributed by atoms with Crippen molar-refractivity contribution in [3.05, 3.63) is 23.8 Å². The zero-order chi connectivity index (χ0) is 10.6. The van der Waals surface area contributed by atoms with Gasteiger partial charge in [-0.2, -0.15) is 0 Å². The maximum atomic E-state index is 11.2. The van der Waals surface area contributed by atoms with E-state index in [1.54, 1.807) is 0 Å². The molecule has 0 bridgehead atoms. The molecule has 2 aliphatic carbocycles. The number of carbonyl (C=O) groups excluding carboxylic acids is 1. The molecule has 0 amide bonds. The Morgan fingerprint density at radius 1 is 1.57 bits per heavy atom. The number of ether oxygens (including phenoxy) is 1. The van der Waals surface area contributed by atoms with Crippen LogP contribution in [0.15, 0.2) is 18.2 Å². The van der Waals surface area contributed by atoms with Crippen LogP contribution in [0.1, 0.15) is 10.4 Å². The first-order valence-electron chi connectivity index (χ1n) is 3.99. The van der Waals surface area contributed by atoms with Gasteiger partial charge in [-0.1, -0.05) is 12.1 Å². The van der Waals surface area contributed by atoms with Crippen LogP contribution in [0.2, 0.25) is 0 Å². The zero-order valence-corrected chi connectivity index (χ0v) is 7.69. The molecule has 0 spiro atoms. The molecule has 14 heavy (non-hydrogen) atoms. The van der Waals surface area contributed by atoms with Crippen LogP contribution in [-0.4, -0.2) is 31.1 Å². The first-order valence-corrected chi connectivity index (χ1v) is 3.99. The predicted molar refractivity (Wildman–Crippen MR) is 50.3 cm³/mol. The maximum Gasteiger partial charge on any atom is 0.290 e. The molecule has 0 saturated heterocycles. The van der Waals surface area contributed by atoms with Crippen LogP contribution in [0.25, 0.3) is 11.1 Å². The molecule has 0 fully saturated rings. The van der Waals surface area contributed by atoms with E-state index in [0.717, 1.165) is 11.1 Å². The van der Waals surface area contributed by atoms with Crippen LogP contribution in [0.4, 0.5) is 0 Å². The van der Waals surface area contributed by atoms with Crippen LogP contribution < -0.4 is 0 Å². The molecule has 0 heterocycles. The van der Waals surface area contributed by atoms with E-state index in [0.29, 0.717) is 0 Å². The molecule has 0 aliphatic heterocycles. The number of ketones is 1. The summed E-state index contributed by atoms with van der Waals surface area (Å²) in [6.07, 6.45) is 0. The second kappa shape index (κ2) is 4.53. The van der Waals surface area contributed by atoms with Crippen LogP contribution >= 0.6 is 0 Å². The summed E-state index contributed by atoms with van der Waals surface area (Å²) in [5, 5.41) is 6.89. The van der Waals surface area contributed by atoms with Crippen LogP contribution in [0.3, 0.4) is 0 Å². The van der Waals surface area contributed by atoms with Crippen molar-refractivity contribution in [2.75, 3.05) is 13.7 Å². The van der Waals surface area contributed by atoms with Crippen molar-refractivity contribution in [3.63, 3.8) is 0 Å². The highest BCUT2D eigenvalue weighted by Gasteiger charge is 2.21. The molecule has 4 heteroatoms. The number of hydrogen-bond acceptors (Lipinski definition) is 3. The molecule has 0 aromatic carbocycles. The van der Waals surface area contributed by atoms with Gasteiger partial charge in [-0.15, -0.1) is 0 Å². The number of Topliss-reactive ketones (excluding diaryl/α,β-unsaturated/α-hetero) is 1. The van der Waals surface area contributed by atoms with Crippen molar-refractivity contribution in [1.82, 2.24) is 0 Å². The van der Waals surface area contributed by atoms with E-state index in [1.807, 2.05) is 18.2 Å². The van der Waals surface area contributed by atoms with Crippen LogP contribution in [-0.2, 0) is 9.53 Å². The van der Waals surface area contributed by atoms with Gasteiger partial charge in [0, 0.05) is 12.7 Å². The van der Waals surface area contributed by atoms with Crippen molar-refractivity contribution in [2.24, 2.45) is 0 Å². The fraction of sp³-hybridized carbons (Fsp3) is 0.200. The molecule has 74 valence electrons. The van der Waals surface area contributed by atoms with E-state index in [1.165, 1.54) is 12.7 Å². The lowest BCUT2D eigenvalue weighted by atomic mass is 10.2. The fourth-order valence-electron chi connectivity index (χ4n) is 1.21. The smallest absolute Gasteiger partial charge is 0.290 e. The molecule has 0 aromatic heterocycles. The number of hydrogen-bond donors (Lipinski definition) is 1. The molecule has 0 unspecified atom stereocenters. The lowest BCUT2D eigenvalue weighted by molar-refractivity contribution is -0.122. The largest absolute Gasteiger partial charge is 0.483 e. The SMILES string of the molecule is COCC(=O)c1ccc2cc1-2.O=CO. The van der Waals surface area contributed by atoms with E-state index < -0.39 is 0 Å². The number of benzene rings is 1. The number of carbonyl (C=O) groups is 2. The lowest BCUT2D eigenvalue weighted by Gasteiger charge is -1.94. The first-order chi connectivity index (χ1) is 6.74. The Morgan fingerprint density at radius 2 is 2.21 bits per heavy atom. The highest BCUT2D eigenvalue weighted by atomic mass is 16.5. The Hall–Kier alpha value is -1.68. The van der Waals surface area contributed by atoms with Crippen LogP contribution in [0.5, 0.6) is 0 Å². The molecule has 4 nitrogen and oxygen atoms in total. The minimum atomic E-state index is -0.250. The minimum Gasteiger partial charge on any atom is -0.483 e. The summed E-state index contributed by atoms with van der Waals surface area (Å²) in [5.41, 5.74) is 3.11. The molecule has 2 rings (SSSR count). The highest BCUT2D eigenvalue weighted by Crippen LogP contribution is 2.38. The average molecular weight is 194 g/mol. The Morgan fingerprint density at radius 3 is 2.57 bits per heavy atom. The quantitative estimate of drug-likeness (QED) is 0.589. The second-order valence-corrected chi connectivity index (χ2v) is 2.72. The van der Waals surface area contributed by atoms with Gasteiger partial charge in [-0.3, -0.25) is 9.59 Å². The minimum absolute atomic E-state index is 0.0718. The number of carboxylic acid groups (broad SMARTS) is 1. The van der Waals surface area contributed by atoms with E-state index in [-0.39, 0.29) is 18.9 Å². The monoisotopic (exact) mass is 194 g/mol. The normalized spacial score (nSPS) is 9.79. The molecule has 2 aliphatic rings. The van der Waals surface area contributed by atoms with Gasteiger partial charge < -0.3 is 9.84 Å². The molecular formula is C10H10O4. The summed E-state index contributed by atoms with van der Waals surface area (Å²) in [4.78, 5) is 19.6. The van der Waals surface area contributed by atoms with E-state index in [4.69, 9.17) is 14.6 Å². The van der Waals surface area contributed by atoms with Crippen LogP contribution in [0, 0.1) is 0 Å². The van der Waals surface area contributed by atoms with E-state index >= 15 is 0 Å². The molecule has 1 N–H and O–H groups in total. The Kier molecular flexibility index (Phi) is 3.36. The van der Waals surface area contributed by atoms with Crippen molar-refractivity contribution in [3.8, 4) is 11.1 Å². The number of methoxy groups -OCH3 is 1. The van der Waals surface area contributed by atoms with Gasteiger partial charge in [0.15, 0.2) is 5.78 Å². The second-order valence-electron chi connectivity index (χ2n) is 2.72. The molecule has 0 saturated carbocycles. The standard InChI is InChI=1S/C9H8O2.CH2O2/c1-11-5-9(10)7-3-2-6-4-8(6)7;2-1-3/h2-4H,5H2,1H3;1H,(H,2,3). The van der Waals surface area contributed by atoms with Gasteiger partial charge in [-0.05, 0) is 17.2 Å². The summed E-state index contributed by atoms with van der Waals surface area (Å²) in [5.74, 6) is 0.0718. The maximum absolute atomic E-state index is 11.2. The third-order valence-corrected chi connectivity index (χ3v) is 1.82. The topological polar surface area (TPSA) is 63.6 Å². The molecular weight excluding hydrogens is 184 g/mol. The number of rotatable bonds is 3. The third-order valence-electron chi connectivity index (χ3n) is 1.82. The summed E-state index contributed by atoms with van der Waals surface area (Å²) in [6.45, 7) is -0.0652. The van der Waals surface area contributed by atoms with Gasteiger partial charge in [0.1, 0.15) is 6.61 Å². The summed E-state index contributed by atoms with van der Waals surface area (Å²) < 4.78 is 4.74. The molecule has 0 atom stereocenters. The van der Waals surface area contributed by atoms with Gasteiger partial charge in [-0.25, -0.2) is 0 Å². The van der Waals surface area contributed by atoms with Crippen molar-refractivity contribution >= 4 is 12.3 Å². The summed E-state index contributed by atoms with van der Waals surface area (Å²) >= 11 is 0. The van der Waals surface area contributed by atoms with Gasteiger partial charge in [0.2, 0.25) is 0 Å². The number of fused-ring (bicyclic) bond motifs is 1. The van der Waals surface area contributed by atoms with Gasteiger partial charge in [0.05, 0.1) is 0 Å². The molecule has 0 radical (unpaired) electrons. The van der Waals surface area contributed by atoms with E-state index in [9.17, 15) is 4.79 Å².